The number of benzene rings is 1. The lowest BCUT2D eigenvalue weighted by atomic mass is 10.2. The molecule has 204 valence electrons. The zero-order valence-corrected chi connectivity index (χ0v) is 21.3. The molecule has 40 heavy (non-hydrogen) atoms. The normalized spacial score (nSPS) is 14.5. The number of hydrogen-bond acceptors (Lipinski definition) is 11. The van der Waals surface area contributed by atoms with Crippen LogP contribution in [0.2, 0.25) is 0 Å². The summed E-state index contributed by atoms with van der Waals surface area (Å²) < 4.78 is 29.4. The third-order valence-corrected chi connectivity index (χ3v) is 6.94. The van der Waals surface area contributed by atoms with Crippen LogP contribution in [0.4, 0.5) is 16.0 Å². The van der Waals surface area contributed by atoms with E-state index in [-0.39, 0.29) is 18.4 Å². The first kappa shape index (κ1) is 24.0. The van der Waals surface area contributed by atoms with Gasteiger partial charge in [0.2, 0.25) is 11.8 Å². The summed E-state index contributed by atoms with van der Waals surface area (Å²) in [6.07, 6.45) is 4.72. The summed E-state index contributed by atoms with van der Waals surface area (Å²) in [6.45, 7) is 4.67. The number of halogens is 1. The van der Waals surface area contributed by atoms with E-state index in [4.69, 9.17) is 14.9 Å². The van der Waals surface area contributed by atoms with E-state index in [1.54, 1.807) is 36.9 Å². The average Bonchev–Trinajstić information content (AvgIpc) is 3.78. The maximum absolute atomic E-state index is 14.9. The molecule has 0 spiro atoms. The standard InChI is InChI=1S/C25H25FN12O2/c26-17-12-16(40-13-20-28-14-30-33-20)3-4-18(17)36-8-5-35(6-9-36)7-10-37-15-29-21-23(37)32-25(27)38-24(21)31-22(34-38)19-2-1-11-39-19/h1-4,11-12,14-15H,5-10,13H2,(H2,27,32)(H,28,30,33). The van der Waals surface area contributed by atoms with E-state index in [0.717, 1.165) is 19.6 Å². The number of furan rings is 1. The first-order valence-electron chi connectivity index (χ1n) is 12.8. The van der Waals surface area contributed by atoms with Gasteiger partial charge in [0.1, 0.15) is 24.5 Å². The SMILES string of the molecule is Nc1nc2c(ncn2CCN2CCN(c3ccc(OCc4ncn[nH]4)cc3F)CC2)c2nc(-c3ccco3)nn12. The molecule has 6 aromatic rings. The van der Waals surface area contributed by atoms with Crippen LogP contribution >= 0.6 is 0 Å². The van der Waals surface area contributed by atoms with Gasteiger partial charge < -0.3 is 24.4 Å². The molecule has 0 radical (unpaired) electrons. The molecule has 0 unspecified atom stereocenters. The number of fused-ring (bicyclic) bond motifs is 3. The zero-order chi connectivity index (χ0) is 27.1. The highest BCUT2D eigenvalue weighted by atomic mass is 19.1. The van der Waals surface area contributed by atoms with Gasteiger partial charge in [0.25, 0.3) is 0 Å². The first-order chi connectivity index (χ1) is 19.6. The van der Waals surface area contributed by atoms with Gasteiger partial charge >= 0.3 is 0 Å². The van der Waals surface area contributed by atoms with E-state index < -0.39 is 0 Å². The minimum atomic E-state index is -0.313. The van der Waals surface area contributed by atoms with Crippen LogP contribution < -0.4 is 15.4 Å². The molecule has 14 nitrogen and oxygen atoms in total. The number of hydrogen-bond donors (Lipinski definition) is 2. The van der Waals surface area contributed by atoms with Crippen LogP contribution in [0.15, 0.2) is 53.7 Å². The number of anilines is 2. The van der Waals surface area contributed by atoms with Crippen molar-refractivity contribution in [2.24, 2.45) is 0 Å². The van der Waals surface area contributed by atoms with Crippen molar-refractivity contribution in [3.63, 3.8) is 0 Å². The molecule has 5 aromatic heterocycles. The second kappa shape index (κ2) is 9.92. The fourth-order valence-electron chi connectivity index (χ4n) is 4.85. The van der Waals surface area contributed by atoms with Crippen LogP contribution in [-0.2, 0) is 13.2 Å². The molecule has 0 bridgehead atoms. The van der Waals surface area contributed by atoms with Crippen molar-refractivity contribution in [3.8, 4) is 17.3 Å². The number of aromatic nitrogens is 9. The summed E-state index contributed by atoms with van der Waals surface area (Å²) in [4.78, 5) is 22.1. The summed E-state index contributed by atoms with van der Waals surface area (Å²) in [6, 6.07) is 8.50. The topological polar surface area (TPSA) is 157 Å². The van der Waals surface area contributed by atoms with Crippen LogP contribution in [0, 0.1) is 5.82 Å². The highest BCUT2D eigenvalue weighted by Gasteiger charge is 2.21. The summed E-state index contributed by atoms with van der Waals surface area (Å²) in [5.74, 6) is 1.89. The number of aromatic amines is 1. The number of rotatable bonds is 8. The van der Waals surface area contributed by atoms with Crippen LogP contribution in [0.1, 0.15) is 5.82 Å². The largest absolute Gasteiger partial charge is 0.486 e. The number of nitrogens with one attached hydrogen (secondary N) is 1. The van der Waals surface area contributed by atoms with E-state index >= 15 is 0 Å². The monoisotopic (exact) mass is 544 g/mol. The van der Waals surface area contributed by atoms with Gasteiger partial charge in [-0.3, -0.25) is 10.00 Å². The van der Waals surface area contributed by atoms with E-state index in [1.165, 1.54) is 16.9 Å². The van der Waals surface area contributed by atoms with Crippen molar-refractivity contribution in [1.82, 2.24) is 49.2 Å². The number of H-pyrrole nitrogens is 1. The van der Waals surface area contributed by atoms with Crippen LogP contribution in [-0.4, -0.2) is 81.9 Å². The molecule has 6 heterocycles. The van der Waals surface area contributed by atoms with Gasteiger partial charge in [-0.25, -0.2) is 19.3 Å². The smallest absolute Gasteiger partial charge is 0.225 e. The molecule has 15 heteroatoms. The van der Waals surface area contributed by atoms with Gasteiger partial charge in [0.05, 0.1) is 18.3 Å². The van der Waals surface area contributed by atoms with E-state index in [9.17, 15) is 4.39 Å². The predicted molar refractivity (Wildman–Crippen MR) is 142 cm³/mol. The minimum Gasteiger partial charge on any atom is -0.486 e. The maximum atomic E-state index is 14.9. The summed E-state index contributed by atoms with van der Waals surface area (Å²) >= 11 is 0. The molecule has 1 saturated heterocycles. The Morgan fingerprint density at radius 3 is 2.73 bits per heavy atom. The summed E-state index contributed by atoms with van der Waals surface area (Å²) in [5.41, 5.74) is 8.56. The van der Waals surface area contributed by atoms with Gasteiger partial charge in [-0.15, -0.1) is 5.10 Å². The molecular formula is C25H25FN12O2. The Morgan fingerprint density at radius 2 is 1.95 bits per heavy atom. The summed E-state index contributed by atoms with van der Waals surface area (Å²) in [5, 5.41) is 10.9. The lowest BCUT2D eigenvalue weighted by Gasteiger charge is -2.36. The van der Waals surface area contributed by atoms with Crippen molar-refractivity contribution in [1.29, 1.82) is 0 Å². The first-order valence-corrected chi connectivity index (χ1v) is 12.8. The third kappa shape index (κ3) is 4.45. The molecule has 7 rings (SSSR count). The Hall–Kier alpha value is -5.05. The maximum Gasteiger partial charge on any atom is 0.225 e. The van der Waals surface area contributed by atoms with Gasteiger partial charge in [-0.2, -0.15) is 14.6 Å². The molecule has 1 aromatic carbocycles. The van der Waals surface area contributed by atoms with Gasteiger partial charge in [-0.05, 0) is 24.3 Å². The zero-order valence-electron chi connectivity index (χ0n) is 21.3. The third-order valence-electron chi connectivity index (χ3n) is 6.94. The Labute approximate surface area is 226 Å². The quantitative estimate of drug-likeness (QED) is 0.289. The number of imidazole rings is 1. The lowest BCUT2D eigenvalue weighted by molar-refractivity contribution is 0.248. The Kier molecular flexibility index (Phi) is 5.96. The highest BCUT2D eigenvalue weighted by molar-refractivity contribution is 5.87. The number of nitrogens with zero attached hydrogens (tertiary/aromatic N) is 10. The van der Waals surface area contributed by atoms with Crippen LogP contribution in [0.3, 0.4) is 0 Å². The summed E-state index contributed by atoms with van der Waals surface area (Å²) in [7, 11) is 0. The van der Waals surface area contributed by atoms with Crippen molar-refractivity contribution in [2.45, 2.75) is 13.2 Å². The Balaban J connectivity index is 0.984. The minimum absolute atomic E-state index is 0.196. The molecule has 1 aliphatic heterocycles. The molecular weight excluding hydrogens is 519 g/mol. The number of nitrogen functional groups attached to an aromatic ring is 1. The van der Waals surface area contributed by atoms with Crippen molar-refractivity contribution in [2.75, 3.05) is 43.4 Å². The van der Waals surface area contributed by atoms with E-state index in [0.29, 0.717) is 65.3 Å². The second-order valence-corrected chi connectivity index (χ2v) is 9.39. The lowest BCUT2D eigenvalue weighted by Crippen LogP contribution is -2.47. The van der Waals surface area contributed by atoms with Crippen LogP contribution in [0.25, 0.3) is 28.4 Å². The van der Waals surface area contributed by atoms with E-state index in [1.807, 2.05) is 4.57 Å². The van der Waals surface area contributed by atoms with Gasteiger partial charge in [0.15, 0.2) is 28.4 Å². The molecule has 1 fully saturated rings. The van der Waals surface area contributed by atoms with Crippen molar-refractivity contribution < 1.29 is 13.5 Å². The average molecular weight is 545 g/mol. The van der Waals surface area contributed by atoms with Crippen molar-refractivity contribution in [3.05, 3.63) is 60.9 Å². The van der Waals surface area contributed by atoms with E-state index in [2.05, 4.69) is 45.0 Å². The molecule has 1 aliphatic rings. The second-order valence-electron chi connectivity index (χ2n) is 9.39. The predicted octanol–water partition coefficient (Wildman–Crippen LogP) is 1.97. The molecule has 0 saturated carbocycles. The molecule has 0 aliphatic carbocycles. The van der Waals surface area contributed by atoms with Crippen molar-refractivity contribution >= 4 is 28.4 Å². The number of nitrogens with two attached hydrogens (primary N) is 1. The van der Waals surface area contributed by atoms with Gasteiger partial charge in [0, 0.05) is 45.3 Å². The fourth-order valence-corrected chi connectivity index (χ4v) is 4.85. The molecule has 0 amide bonds. The Morgan fingerprint density at radius 1 is 1.05 bits per heavy atom. The molecule has 3 N–H and O–H groups in total. The van der Waals surface area contributed by atoms with Gasteiger partial charge in [-0.1, -0.05) is 0 Å². The highest BCUT2D eigenvalue weighted by Crippen LogP contribution is 2.26. The van der Waals surface area contributed by atoms with Crippen LogP contribution in [0.5, 0.6) is 5.75 Å². The number of piperazine rings is 1. The fraction of sp³-hybridized carbons (Fsp3) is 0.280. The Bertz CT molecular complexity index is 1750. The molecule has 0 atom stereocenters. The number of ether oxygens (including phenoxy) is 1.